The Morgan fingerprint density at radius 3 is 2.71 bits per heavy atom. The van der Waals surface area contributed by atoms with Gasteiger partial charge in [0.05, 0.1) is 10.2 Å². The molecular formula is C13H15ClN4O2S. The lowest BCUT2D eigenvalue weighted by Gasteiger charge is -2.32. The lowest BCUT2D eigenvalue weighted by atomic mass is 10.3. The second-order valence-corrected chi connectivity index (χ2v) is 6.41. The first-order chi connectivity index (χ1) is 10.0. The zero-order chi connectivity index (χ0) is 15.0. The van der Waals surface area contributed by atoms with Crippen LogP contribution in [0.2, 0.25) is 5.02 Å². The van der Waals surface area contributed by atoms with Crippen molar-refractivity contribution in [3.8, 4) is 0 Å². The first-order valence-corrected chi connectivity index (χ1v) is 7.80. The molecule has 1 aliphatic heterocycles. The summed E-state index contributed by atoms with van der Waals surface area (Å²) in [4.78, 5) is 26.0. The number of hydrogen-bond acceptors (Lipinski definition) is 5. The second kappa shape index (κ2) is 5.76. The molecule has 112 valence electrons. The number of carbonyl (C=O) groups excluding carboxylic acids is 1. The molecule has 1 amide bonds. The Labute approximate surface area is 130 Å². The van der Waals surface area contributed by atoms with Crippen LogP contribution in [0.4, 0.5) is 0 Å². The van der Waals surface area contributed by atoms with E-state index in [-0.39, 0.29) is 17.3 Å². The highest BCUT2D eigenvalue weighted by Crippen LogP contribution is 2.21. The van der Waals surface area contributed by atoms with Gasteiger partial charge in [0.1, 0.15) is 6.54 Å². The van der Waals surface area contributed by atoms with Gasteiger partial charge in [0, 0.05) is 31.2 Å². The van der Waals surface area contributed by atoms with Gasteiger partial charge in [-0.25, -0.2) is 5.01 Å². The average Bonchev–Trinajstić information content (AvgIpc) is 2.75. The fourth-order valence-corrected chi connectivity index (χ4v) is 3.56. The van der Waals surface area contributed by atoms with E-state index in [1.165, 1.54) is 4.57 Å². The van der Waals surface area contributed by atoms with E-state index in [9.17, 15) is 9.59 Å². The van der Waals surface area contributed by atoms with Gasteiger partial charge < -0.3 is 4.90 Å². The Morgan fingerprint density at radius 1 is 1.29 bits per heavy atom. The van der Waals surface area contributed by atoms with Gasteiger partial charge in [-0.05, 0) is 18.2 Å². The van der Waals surface area contributed by atoms with E-state index in [4.69, 9.17) is 17.4 Å². The number of amides is 1. The summed E-state index contributed by atoms with van der Waals surface area (Å²) in [5.74, 6) is 5.62. The molecule has 0 radical (unpaired) electrons. The van der Waals surface area contributed by atoms with Crippen LogP contribution in [0.5, 0.6) is 0 Å². The fraction of sp³-hybridized carbons (Fsp3) is 0.385. The number of hydrazine groups is 1. The molecule has 6 nitrogen and oxygen atoms in total. The number of nitrogens with zero attached hydrogens (tertiary/aromatic N) is 3. The summed E-state index contributed by atoms with van der Waals surface area (Å²) in [6.07, 6.45) is 0. The van der Waals surface area contributed by atoms with Crippen molar-refractivity contribution in [1.29, 1.82) is 0 Å². The third-order valence-corrected chi connectivity index (χ3v) is 4.77. The lowest BCUT2D eigenvalue weighted by molar-refractivity contribution is -0.133. The Balaban J connectivity index is 1.83. The number of carbonyl (C=O) groups is 1. The predicted octanol–water partition coefficient (Wildman–Crippen LogP) is 0.734. The molecule has 1 fully saturated rings. The van der Waals surface area contributed by atoms with E-state index in [1.807, 2.05) is 0 Å². The second-order valence-electron chi connectivity index (χ2n) is 4.98. The number of benzene rings is 1. The maximum atomic E-state index is 12.3. The van der Waals surface area contributed by atoms with E-state index >= 15 is 0 Å². The molecule has 1 aliphatic rings. The SMILES string of the molecule is NN1CCN(C(=O)Cn2c(=O)sc3cc(Cl)ccc32)CC1. The lowest BCUT2D eigenvalue weighted by Crippen LogP contribution is -2.52. The van der Waals surface area contributed by atoms with Crippen molar-refractivity contribution in [3.05, 3.63) is 32.9 Å². The highest BCUT2D eigenvalue weighted by molar-refractivity contribution is 7.16. The molecule has 0 bridgehead atoms. The van der Waals surface area contributed by atoms with Gasteiger partial charge in [-0.3, -0.25) is 20.0 Å². The molecule has 0 spiro atoms. The fourth-order valence-electron chi connectivity index (χ4n) is 2.40. The van der Waals surface area contributed by atoms with Crippen LogP contribution in [0.3, 0.4) is 0 Å². The molecule has 3 rings (SSSR count). The number of aromatic nitrogens is 1. The summed E-state index contributed by atoms with van der Waals surface area (Å²) in [6.45, 7) is 2.56. The van der Waals surface area contributed by atoms with Gasteiger partial charge in [0.2, 0.25) is 5.91 Å². The maximum Gasteiger partial charge on any atom is 0.308 e. The number of fused-ring (bicyclic) bond motifs is 1. The predicted molar refractivity (Wildman–Crippen MR) is 83.4 cm³/mol. The number of rotatable bonds is 2. The van der Waals surface area contributed by atoms with Crippen LogP contribution in [0, 0.1) is 0 Å². The number of halogens is 1. The first-order valence-electron chi connectivity index (χ1n) is 6.61. The molecule has 0 unspecified atom stereocenters. The molecule has 1 aromatic heterocycles. The summed E-state index contributed by atoms with van der Waals surface area (Å²) in [7, 11) is 0. The van der Waals surface area contributed by atoms with Crippen molar-refractivity contribution in [2.24, 2.45) is 5.84 Å². The molecule has 2 N–H and O–H groups in total. The molecule has 8 heteroatoms. The van der Waals surface area contributed by atoms with Crippen molar-refractivity contribution >= 4 is 39.1 Å². The average molecular weight is 327 g/mol. The summed E-state index contributed by atoms with van der Waals surface area (Å²) < 4.78 is 2.31. The zero-order valence-corrected chi connectivity index (χ0v) is 12.9. The van der Waals surface area contributed by atoms with Gasteiger partial charge in [-0.2, -0.15) is 0 Å². The highest BCUT2D eigenvalue weighted by atomic mass is 35.5. The maximum absolute atomic E-state index is 12.3. The standard InChI is InChI=1S/C13H15ClN4O2S/c14-9-1-2-10-11(7-9)21-13(20)18(10)8-12(19)16-3-5-17(15)6-4-16/h1-2,7H,3-6,8,15H2. The van der Waals surface area contributed by atoms with E-state index in [0.29, 0.717) is 31.2 Å². The van der Waals surface area contributed by atoms with Gasteiger partial charge in [0.25, 0.3) is 0 Å². The summed E-state index contributed by atoms with van der Waals surface area (Å²) >= 11 is 7.03. The molecule has 1 saturated heterocycles. The van der Waals surface area contributed by atoms with Gasteiger partial charge in [0.15, 0.2) is 0 Å². The molecule has 0 atom stereocenters. The summed E-state index contributed by atoms with van der Waals surface area (Å²) in [5.41, 5.74) is 0.750. The van der Waals surface area contributed by atoms with Crippen LogP contribution in [-0.2, 0) is 11.3 Å². The Morgan fingerprint density at radius 2 is 2.00 bits per heavy atom. The minimum absolute atomic E-state index is 0.0557. The molecule has 1 aromatic carbocycles. The van der Waals surface area contributed by atoms with Crippen molar-refractivity contribution in [2.45, 2.75) is 6.54 Å². The van der Waals surface area contributed by atoms with Crippen LogP contribution in [0.25, 0.3) is 10.2 Å². The van der Waals surface area contributed by atoms with Crippen molar-refractivity contribution in [1.82, 2.24) is 14.5 Å². The molecular weight excluding hydrogens is 312 g/mol. The van der Waals surface area contributed by atoms with Gasteiger partial charge >= 0.3 is 4.87 Å². The minimum atomic E-state index is -0.141. The summed E-state index contributed by atoms with van der Waals surface area (Å²) in [6, 6.07) is 5.25. The van der Waals surface area contributed by atoms with Gasteiger partial charge in [-0.15, -0.1) is 0 Å². The van der Waals surface area contributed by atoms with Gasteiger partial charge in [-0.1, -0.05) is 22.9 Å². The zero-order valence-electron chi connectivity index (χ0n) is 11.3. The van der Waals surface area contributed by atoms with Crippen LogP contribution in [-0.4, -0.2) is 46.6 Å². The van der Waals surface area contributed by atoms with Crippen LogP contribution in [0.15, 0.2) is 23.0 Å². The monoisotopic (exact) mass is 326 g/mol. The van der Waals surface area contributed by atoms with Crippen molar-refractivity contribution in [2.75, 3.05) is 26.2 Å². The third-order valence-electron chi connectivity index (χ3n) is 3.59. The smallest absolute Gasteiger partial charge is 0.308 e. The Hall–Kier alpha value is -1.41. The molecule has 21 heavy (non-hydrogen) atoms. The van der Waals surface area contributed by atoms with E-state index in [1.54, 1.807) is 28.1 Å². The number of hydrogen-bond donors (Lipinski definition) is 1. The molecule has 0 saturated carbocycles. The number of thiazole rings is 1. The Bertz CT molecular complexity index is 733. The molecule has 2 heterocycles. The minimum Gasteiger partial charge on any atom is -0.338 e. The highest BCUT2D eigenvalue weighted by Gasteiger charge is 2.21. The topological polar surface area (TPSA) is 71.6 Å². The largest absolute Gasteiger partial charge is 0.338 e. The molecule has 0 aliphatic carbocycles. The van der Waals surface area contributed by atoms with Crippen molar-refractivity contribution < 1.29 is 4.79 Å². The van der Waals surface area contributed by atoms with Crippen LogP contribution in [0.1, 0.15) is 0 Å². The van der Waals surface area contributed by atoms with Crippen LogP contribution >= 0.6 is 22.9 Å². The first kappa shape index (κ1) is 14.5. The van der Waals surface area contributed by atoms with Crippen LogP contribution < -0.4 is 10.7 Å². The van der Waals surface area contributed by atoms with E-state index in [0.717, 1.165) is 21.6 Å². The molecule has 2 aromatic rings. The van der Waals surface area contributed by atoms with E-state index in [2.05, 4.69) is 0 Å². The number of nitrogens with two attached hydrogens (primary N) is 1. The quantitative estimate of drug-likeness (QED) is 0.826. The van der Waals surface area contributed by atoms with Crippen molar-refractivity contribution in [3.63, 3.8) is 0 Å². The summed E-state index contributed by atoms with van der Waals surface area (Å²) in [5, 5.41) is 2.28. The third kappa shape index (κ3) is 2.96. The number of piperazine rings is 1. The van der Waals surface area contributed by atoms with E-state index < -0.39 is 0 Å². The normalized spacial score (nSPS) is 16.6. The Kier molecular flexibility index (Phi) is 3.99.